The zero-order valence-electron chi connectivity index (χ0n) is 15.8. The predicted octanol–water partition coefficient (Wildman–Crippen LogP) is 3.78. The van der Waals surface area contributed by atoms with Crippen LogP contribution in [0.5, 0.6) is 0 Å². The lowest BCUT2D eigenvalue weighted by atomic mass is 10.3. The predicted molar refractivity (Wildman–Crippen MR) is 103 cm³/mol. The van der Waals surface area contributed by atoms with Crippen LogP contribution in [0, 0.1) is 0 Å². The number of nitrogens with zero attached hydrogens (tertiary/aromatic N) is 2. The zero-order chi connectivity index (χ0) is 18.5. The van der Waals surface area contributed by atoms with E-state index in [0.717, 1.165) is 43.5 Å². The van der Waals surface area contributed by atoms with Crippen LogP contribution in [0.4, 0.5) is 4.79 Å². The molecule has 25 heavy (non-hydrogen) atoms. The molecule has 1 aromatic rings. The molecule has 6 nitrogen and oxygen atoms in total. The molecule has 1 rings (SSSR count). The first-order chi connectivity index (χ1) is 12.1. The highest BCUT2D eigenvalue weighted by Crippen LogP contribution is 2.13. The van der Waals surface area contributed by atoms with Crippen molar-refractivity contribution in [1.82, 2.24) is 20.5 Å². The average Bonchev–Trinajstić information content (AvgIpc) is 3.07. The molecule has 7 heteroatoms. The van der Waals surface area contributed by atoms with E-state index in [4.69, 9.17) is 0 Å². The molecule has 3 amide bonds. The lowest BCUT2D eigenvalue weighted by Crippen LogP contribution is -2.40. The van der Waals surface area contributed by atoms with Gasteiger partial charge in [-0.05, 0) is 19.3 Å². The number of urea groups is 1. The van der Waals surface area contributed by atoms with Gasteiger partial charge in [0.1, 0.15) is 10.7 Å². The van der Waals surface area contributed by atoms with Gasteiger partial charge in [-0.3, -0.25) is 4.79 Å². The fourth-order valence-corrected chi connectivity index (χ4v) is 2.99. The molecule has 1 aromatic heterocycles. The van der Waals surface area contributed by atoms with Crippen molar-refractivity contribution in [3.8, 4) is 0 Å². The van der Waals surface area contributed by atoms with Gasteiger partial charge in [0.2, 0.25) is 0 Å². The standard InChI is InChI=1S/C18H32N4O2S/c1-4-7-10-19-17(23)15-14-25-16(21-15)13-22(12-9-6-3)18(24)20-11-8-5-2/h14H,4-13H2,1-3H3,(H,19,23)(H,20,24). The summed E-state index contributed by atoms with van der Waals surface area (Å²) in [6, 6.07) is -0.0500. The van der Waals surface area contributed by atoms with Crippen LogP contribution in [0.25, 0.3) is 0 Å². The fourth-order valence-electron chi connectivity index (χ4n) is 2.21. The Morgan fingerprint density at radius 3 is 2.32 bits per heavy atom. The Morgan fingerprint density at radius 2 is 1.68 bits per heavy atom. The summed E-state index contributed by atoms with van der Waals surface area (Å²) in [4.78, 5) is 30.6. The van der Waals surface area contributed by atoms with E-state index in [1.807, 2.05) is 0 Å². The van der Waals surface area contributed by atoms with Crippen molar-refractivity contribution < 1.29 is 9.59 Å². The number of aromatic nitrogens is 1. The molecule has 1 heterocycles. The largest absolute Gasteiger partial charge is 0.351 e. The molecule has 2 N–H and O–H groups in total. The molecule has 142 valence electrons. The first-order valence-corrected chi connectivity index (χ1v) is 10.3. The Labute approximate surface area is 155 Å². The Hall–Kier alpha value is -1.63. The van der Waals surface area contributed by atoms with Crippen LogP contribution in [-0.4, -0.2) is 41.5 Å². The van der Waals surface area contributed by atoms with Crippen molar-refractivity contribution in [3.05, 3.63) is 16.1 Å². The summed E-state index contributed by atoms with van der Waals surface area (Å²) in [6.07, 6.45) is 6.02. The van der Waals surface area contributed by atoms with Gasteiger partial charge in [0.15, 0.2) is 0 Å². The maximum Gasteiger partial charge on any atom is 0.317 e. The second-order valence-corrected chi connectivity index (χ2v) is 7.04. The SMILES string of the molecule is CCCCNC(=O)c1csc(CN(CCCC)C(=O)NCCCC)n1. The van der Waals surface area contributed by atoms with Gasteiger partial charge in [-0.15, -0.1) is 11.3 Å². The van der Waals surface area contributed by atoms with Gasteiger partial charge in [0.25, 0.3) is 5.91 Å². The van der Waals surface area contributed by atoms with Gasteiger partial charge in [-0.2, -0.15) is 0 Å². The number of rotatable bonds is 12. The van der Waals surface area contributed by atoms with Crippen LogP contribution in [0.15, 0.2) is 5.38 Å². The first kappa shape index (κ1) is 21.4. The molecular formula is C18H32N4O2S. The molecular weight excluding hydrogens is 336 g/mol. The van der Waals surface area contributed by atoms with Gasteiger partial charge in [0.05, 0.1) is 6.54 Å². The molecule has 0 radical (unpaired) electrons. The average molecular weight is 369 g/mol. The molecule has 0 saturated carbocycles. The summed E-state index contributed by atoms with van der Waals surface area (Å²) in [5, 5.41) is 8.39. The number of carbonyl (C=O) groups excluding carboxylic acids is 2. The van der Waals surface area contributed by atoms with E-state index >= 15 is 0 Å². The van der Waals surface area contributed by atoms with E-state index in [1.165, 1.54) is 11.3 Å². The van der Waals surface area contributed by atoms with Gasteiger partial charge >= 0.3 is 6.03 Å². The molecule has 0 unspecified atom stereocenters. The van der Waals surface area contributed by atoms with Crippen LogP contribution in [0.3, 0.4) is 0 Å². The van der Waals surface area contributed by atoms with Crippen molar-refractivity contribution >= 4 is 23.3 Å². The molecule has 0 aromatic carbocycles. The second kappa shape index (κ2) is 12.7. The van der Waals surface area contributed by atoms with Crippen molar-refractivity contribution in [1.29, 1.82) is 0 Å². The van der Waals surface area contributed by atoms with Crippen molar-refractivity contribution in [3.63, 3.8) is 0 Å². The van der Waals surface area contributed by atoms with Gasteiger partial charge in [-0.25, -0.2) is 9.78 Å². The molecule has 0 bridgehead atoms. The topological polar surface area (TPSA) is 74.3 Å². The maximum absolute atomic E-state index is 12.4. The highest BCUT2D eigenvalue weighted by Gasteiger charge is 2.16. The molecule has 0 aliphatic rings. The van der Waals surface area contributed by atoms with Gasteiger partial charge in [0, 0.05) is 25.0 Å². The van der Waals surface area contributed by atoms with Gasteiger partial charge in [-0.1, -0.05) is 40.0 Å². The van der Waals surface area contributed by atoms with Crippen LogP contribution in [0.2, 0.25) is 0 Å². The number of hydrogen-bond donors (Lipinski definition) is 2. The van der Waals surface area contributed by atoms with E-state index in [2.05, 4.69) is 36.4 Å². The van der Waals surface area contributed by atoms with Crippen molar-refractivity contribution in [2.75, 3.05) is 19.6 Å². The third-order valence-electron chi connectivity index (χ3n) is 3.80. The van der Waals surface area contributed by atoms with Crippen molar-refractivity contribution in [2.24, 2.45) is 0 Å². The fraction of sp³-hybridized carbons (Fsp3) is 0.722. The normalized spacial score (nSPS) is 10.5. The number of amides is 3. The maximum atomic E-state index is 12.4. The summed E-state index contributed by atoms with van der Waals surface area (Å²) >= 11 is 1.43. The number of nitrogens with one attached hydrogen (secondary N) is 2. The number of unbranched alkanes of at least 4 members (excludes halogenated alkanes) is 3. The highest BCUT2D eigenvalue weighted by atomic mass is 32.1. The Balaban J connectivity index is 2.61. The first-order valence-electron chi connectivity index (χ1n) is 9.37. The van der Waals surface area contributed by atoms with E-state index in [9.17, 15) is 9.59 Å². The number of hydrogen-bond acceptors (Lipinski definition) is 4. The number of carbonyl (C=O) groups is 2. The Morgan fingerprint density at radius 1 is 1.04 bits per heavy atom. The Kier molecular flexibility index (Phi) is 10.9. The highest BCUT2D eigenvalue weighted by molar-refractivity contribution is 7.09. The second-order valence-electron chi connectivity index (χ2n) is 6.10. The van der Waals surface area contributed by atoms with E-state index < -0.39 is 0 Å². The summed E-state index contributed by atoms with van der Waals surface area (Å²) < 4.78 is 0. The van der Waals surface area contributed by atoms with Crippen LogP contribution < -0.4 is 10.6 Å². The summed E-state index contributed by atoms with van der Waals surface area (Å²) in [6.45, 7) is 8.81. The minimum Gasteiger partial charge on any atom is -0.351 e. The Bertz CT molecular complexity index is 519. The van der Waals surface area contributed by atoms with E-state index in [0.29, 0.717) is 31.9 Å². The van der Waals surface area contributed by atoms with Crippen LogP contribution in [0.1, 0.15) is 74.8 Å². The third kappa shape index (κ3) is 8.34. The molecule has 0 saturated heterocycles. The quantitative estimate of drug-likeness (QED) is 0.551. The van der Waals surface area contributed by atoms with Crippen molar-refractivity contribution in [2.45, 2.75) is 65.8 Å². The summed E-state index contributed by atoms with van der Waals surface area (Å²) in [5.41, 5.74) is 0.443. The zero-order valence-corrected chi connectivity index (χ0v) is 16.6. The molecule has 0 fully saturated rings. The van der Waals surface area contributed by atoms with Gasteiger partial charge < -0.3 is 15.5 Å². The molecule has 0 atom stereocenters. The minimum atomic E-state index is -0.136. The summed E-state index contributed by atoms with van der Waals surface area (Å²) in [7, 11) is 0. The van der Waals surface area contributed by atoms with Crippen LogP contribution in [-0.2, 0) is 6.54 Å². The minimum absolute atomic E-state index is 0.0500. The van der Waals surface area contributed by atoms with E-state index in [-0.39, 0.29) is 11.9 Å². The number of thiazole rings is 1. The lowest BCUT2D eigenvalue weighted by Gasteiger charge is -2.22. The summed E-state index contributed by atoms with van der Waals surface area (Å²) in [5.74, 6) is -0.136. The smallest absolute Gasteiger partial charge is 0.317 e. The molecule has 0 aliphatic carbocycles. The molecule has 0 spiro atoms. The monoisotopic (exact) mass is 368 g/mol. The lowest BCUT2D eigenvalue weighted by molar-refractivity contribution is 0.0948. The van der Waals surface area contributed by atoms with E-state index in [1.54, 1.807) is 10.3 Å². The van der Waals surface area contributed by atoms with Crippen LogP contribution >= 0.6 is 11.3 Å². The third-order valence-corrected chi connectivity index (χ3v) is 4.64. The molecule has 0 aliphatic heterocycles.